The van der Waals surface area contributed by atoms with E-state index in [9.17, 15) is 0 Å². The van der Waals surface area contributed by atoms with Gasteiger partial charge in [0.1, 0.15) is 0 Å². The summed E-state index contributed by atoms with van der Waals surface area (Å²) in [6, 6.07) is 0.808. The van der Waals surface area contributed by atoms with Gasteiger partial charge in [0.05, 0.1) is 0 Å². The average Bonchev–Trinajstić information content (AvgIpc) is 2.88. The SMILES string of the molecule is CCCNC1CCCC1CCN(CC)CC(C)CC. The van der Waals surface area contributed by atoms with E-state index in [0.717, 1.165) is 17.9 Å². The van der Waals surface area contributed by atoms with Gasteiger partial charge in [-0.05, 0) is 57.2 Å². The molecule has 0 amide bonds. The van der Waals surface area contributed by atoms with Gasteiger partial charge in [0.25, 0.3) is 0 Å². The molecule has 3 unspecified atom stereocenters. The summed E-state index contributed by atoms with van der Waals surface area (Å²) < 4.78 is 0. The van der Waals surface area contributed by atoms with Crippen LogP contribution in [0.3, 0.4) is 0 Å². The fourth-order valence-corrected chi connectivity index (χ4v) is 3.28. The molecule has 1 rings (SSSR count). The molecule has 0 heterocycles. The summed E-state index contributed by atoms with van der Waals surface area (Å²) in [7, 11) is 0. The molecular weight excluding hydrogens is 232 g/mol. The van der Waals surface area contributed by atoms with Crippen molar-refractivity contribution >= 4 is 0 Å². The molecule has 114 valence electrons. The van der Waals surface area contributed by atoms with Crippen molar-refractivity contribution in [1.82, 2.24) is 10.2 Å². The molecule has 0 bridgehead atoms. The average molecular weight is 268 g/mol. The molecule has 0 aliphatic heterocycles. The number of rotatable bonds is 10. The second kappa shape index (κ2) is 9.77. The molecule has 19 heavy (non-hydrogen) atoms. The zero-order valence-corrected chi connectivity index (χ0v) is 13.8. The lowest BCUT2D eigenvalue weighted by atomic mass is 9.98. The number of nitrogens with one attached hydrogen (secondary N) is 1. The zero-order chi connectivity index (χ0) is 14.1. The topological polar surface area (TPSA) is 15.3 Å². The van der Waals surface area contributed by atoms with Crippen LogP contribution in [0, 0.1) is 11.8 Å². The minimum atomic E-state index is 0.808. The highest BCUT2D eigenvalue weighted by Crippen LogP contribution is 2.28. The molecule has 1 fully saturated rings. The van der Waals surface area contributed by atoms with Crippen LogP contribution in [0.15, 0.2) is 0 Å². The number of hydrogen-bond acceptors (Lipinski definition) is 2. The summed E-state index contributed by atoms with van der Waals surface area (Å²) in [6.45, 7) is 14.3. The van der Waals surface area contributed by atoms with Crippen LogP contribution in [0.25, 0.3) is 0 Å². The van der Waals surface area contributed by atoms with Gasteiger partial charge in [-0.2, -0.15) is 0 Å². The highest BCUT2D eigenvalue weighted by molar-refractivity contribution is 4.83. The molecule has 0 saturated heterocycles. The van der Waals surface area contributed by atoms with Crippen LogP contribution < -0.4 is 5.32 Å². The lowest BCUT2D eigenvalue weighted by molar-refractivity contribution is 0.220. The molecule has 0 aromatic rings. The maximum atomic E-state index is 3.76. The van der Waals surface area contributed by atoms with Crippen molar-refractivity contribution in [2.45, 2.75) is 72.3 Å². The predicted molar refractivity (Wildman–Crippen MR) is 85.6 cm³/mol. The Labute approximate surface area is 121 Å². The van der Waals surface area contributed by atoms with E-state index in [2.05, 4.69) is 37.9 Å². The van der Waals surface area contributed by atoms with E-state index in [0.29, 0.717) is 0 Å². The lowest BCUT2D eigenvalue weighted by Gasteiger charge is -2.27. The molecule has 1 N–H and O–H groups in total. The smallest absolute Gasteiger partial charge is 0.00958 e. The van der Waals surface area contributed by atoms with E-state index in [1.807, 2.05) is 0 Å². The van der Waals surface area contributed by atoms with E-state index in [-0.39, 0.29) is 0 Å². The number of hydrogen-bond donors (Lipinski definition) is 1. The van der Waals surface area contributed by atoms with Crippen molar-refractivity contribution in [3.05, 3.63) is 0 Å². The molecule has 2 nitrogen and oxygen atoms in total. The summed E-state index contributed by atoms with van der Waals surface area (Å²) in [4.78, 5) is 2.66. The monoisotopic (exact) mass is 268 g/mol. The second-order valence-electron chi connectivity index (χ2n) is 6.45. The molecule has 0 aromatic heterocycles. The second-order valence-corrected chi connectivity index (χ2v) is 6.45. The maximum Gasteiger partial charge on any atom is 0.00958 e. The van der Waals surface area contributed by atoms with Gasteiger partial charge in [-0.15, -0.1) is 0 Å². The zero-order valence-electron chi connectivity index (χ0n) is 13.8. The Morgan fingerprint density at radius 3 is 2.63 bits per heavy atom. The van der Waals surface area contributed by atoms with Gasteiger partial charge in [0.15, 0.2) is 0 Å². The van der Waals surface area contributed by atoms with Crippen LogP contribution in [0.4, 0.5) is 0 Å². The molecule has 0 aromatic carbocycles. The van der Waals surface area contributed by atoms with Crippen LogP contribution in [0.1, 0.15) is 66.2 Å². The van der Waals surface area contributed by atoms with Crippen LogP contribution in [-0.2, 0) is 0 Å². The molecule has 3 atom stereocenters. The Morgan fingerprint density at radius 1 is 1.21 bits per heavy atom. The largest absolute Gasteiger partial charge is 0.314 e. The Bertz CT molecular complexity index is 217. The van der Waals surface area contributed by atoms with Crippen molar-refractivity contribution in [2.75, 3.05) is 26.2 Å². The first-order chi connectivity index (χ1) is 9.21. The summed E-state index contributed by atoms with van der Waals surface area (Å²) in [5.74, 6) is 1.77. The summed E-state index contributed by atoms with van der Waals surface area (Å²) in [5.41, 5.74) is 0. The Balaban J connectivity index is 2.28. The molecule has 0 spiro atoms. The van der Waals surface area contributed by atoms with Crippen LogP contribution in [-0.4, -0.2) is 37.1 Å². The van der Waals surface area contributed by atoms with Crippen molar-refractivity contribution in [3.63, 3.8) is 0 Å². The quantitative estimate of drug-likeness (QED) is 0.646. The lowest BCUT2D eigenvalue weighted by Crippen LogP contribution is -2.36. The summed E-state index contributed by atoms with van der Waals surface area (Å²) in [6.07, 6.45) is 8.25. The third-order valence-electron chi connectivity index (χ3n) is 4.85. The van der Waals surface area contributed by atoms with E-state index in [4.69, 9.17) is 0 Å². The van der Waals surface area contributed by atoms with Crippen molar-refractivity contribution in [2.24, 2.45) is 11.8 Å². The van der Waals surface area contributed by atoms with E-state index in [1.165, 1.54) is 64.7 Å². The first kappa shape index (κ1) is 17.0. The van der Waals surface area contributed by atoms with Crippen molar-refractivity contribution in [1.29, 1.82) is 0 Å². The molecule has 0 radical (unpaired) electrons. The summed E-state index contributed by atoms with van der Waals surface area (Å²) >= 11 is 0. The first-order valence-electron chi connectivity index (χ1n) is 8.66. The standard InChI is InChI=1S/C17H36N2/c1-5-12-18-17-10-8-9-16(17)11-13-19(7-3)14-15(4)6-2/h15-18H,5-14H2,1-4H3. The van der Waals surface area contributed by atoms with Gasteiger partial charge >= 0.3 is 0 Å². The van der Waals surface area contributed by atoms with Gasteiger partial charge in [0.2, 0.25) is 0 Å². The molecule has 1 aliphatic rings. The van der Waals surface area contributed by atoms with E-state index < -0.39 is 0 Å². The van der Waals surface area contributed by atoms with Crippen LogP contribution in [0.5, 0.6) is 0 Å². The van der Waals surface area contributed by atoms with Gasteiger partial charge in [-0.3, -0.25) is 0 Å². The Hall–Kier alpha value is -0.0800. The minimum absolute atomic E-state index is 0.808. The van der Waals surface area contributed by atoms with Crippen LogP contribution in [0.2, 0.25) is 0 Å². The van der Waals surface area contributed by atoms with Gasteiger partial charge < -0.3 is 10.2 Å². The normalized spacial score (nSPS) is 25.1. The van der Waals surface area contributed by atoms with Gasteiger partial charge in [-0.1, -0.05) is 40.5 Å². The predicted octanol–water partition coefficient (Wildman–Crippen LogP) is 3.91. The third kappa shape index (κ3) is 6.27. The fourth-order valence-electron chi connectivity index (χ4n) is 3.28. The van der Waals surface area contributed by atoms with Crippen molar-refractivity contribution < 1.29 is 0 Å². The molecule has 1 aliphatic carbocycles. The van der Waals surface area contributed by atoms with E-state index in [1.54, 1.807) is 0 Å². The number of nitrogens with zero attached hydrogens (tertiary/aromatic N) is 1. The Morgan fingerprint density at radius 2 is 2.00 bits per heavy atom. The van der Waals surface area contributed by atoms with Gasteiger partial charge in [-0.25, -0.2) is 0 Å². The maximum absolute atomic E-state index is 3.76. The third-order valence-corrected chi connectivity index (χ3v) is 4.85. The minimum Gasteiger partial charge on any atom is -0.314 e. The molecule has 1 saturated carbocycles. The highest BCUT2D eigenvalue weighted by Gasteiger charge is 2.26. The highest BCUT2D eigenvalue weighted by atomic mass is 15.1. The first-order valence-corrected chi connectivity index (χ1v) is 8.66. The van der Waals surface area contributed by atoms with E-state index >= 15 is 0 Å². The molecule has 2 heteroatoms. The Kier molecular flexibility index (Phi) is 8.72. The fraction of sp³-hybridized carbons (Fsp3) is 1.00. The summed E-state index contributed by atoms with van der Waals surface area (Å²) in [5, 5.41) is 3.76. The van der Waals surface area contributed by atoms with Gasteiger partial charge in [0, 0.05) is 12.6 Å². The van der Waals surface area contributed by atoms with Crippen LogP contribution >= 0.6 is 0 Å². The van der Waals surface area contributed by atoms with Crippen molar-refractivity contribution in [3.8, 4) is 0 Å². The molecular formula is C17H36N2.